The molecule has 0 aromatic heterocycles. The zero-order chi connectivity index (χ0) is 12.0. The molecule has 1 N–H and O–H groups in total. The number of hydrogen-bond acceptors (Lipinski definition) is 2. The standard InChI is InChI=1S/C13H24O3/c1-3-4-7-10-16-13(12(14)15)9-6-5-8-11(13)2/h11H,3-10H2,1-2H3,(H,14,15). The van der Waals surface area contributed by atoms with Crippen LogP contribution in [0.3, 0.4) is 0 Å². The smallest absolute Gasteiger partial charge is 0.336 e. The van der Waals surface area contributed by atoms with Crippen LogP contribution in [0.5, 0.6) is 0 Å². The highest BCUT2D eigenvalue weighted by Crippen LogP contribution is 2.37. The Hall–Kier alpha value is -0.570. The van der Waals surface area contributed by atoms with Crippen molar-refractivity contribution in [2.75, 3.05) is 6.61 Å². The van der Waals surface area contributed by atoms with Crippen molar-refractivity contribution in [2.24, 2.45) is 5.92 Å². The Balaban J connectivity index is 2.54. The van der Waals surface area contributed by atoms with Crippen LogP contribution in [0.1, 0.15) is 58.8 Å². The van der Waals surface area contributed by atoms with Crippen molar-refractivity contribution >= 4 is 5.97 Å². The van der Waals surface area contributed by atoms with Crippen LogP contribution >= 0.6 is 0 Å². The number of ether oxygens (including phenoxy) is 1. The van der Waals surface area contributed by atoms with Crippen LogP contribution in [0, 0.1) is 5.92 Å². The Morgan fingerprint density at radius 2 is 2.19 bits per heavy atom. The van der Waals surface area contributed by atoms with Crippen LogP contribution in [0.25, 0.3) is 0 Å². The first kappa shape index (κ1) is 13.5. The molecule has 1 rings (SSSR count). The monoisotopic (exact) mass is 228 g/mol. The predicted octanol–water partition coefficient (Wildman–Crippen LogP) is 3.23. The van der Waals surface area contributed by atoms with E-state index in [2.05, 4.69) is 6.92 Å². The van der Waals surface area contributed by atoms with Gasteiger partial charge in [-0.05, 0) is 31.6 Å². The molecule has 1 aliphatic rings. The van der Waals surface area contributed by atoms with E-state index in [1.165, 1.54) is 0 Å². The van der Waals surface area contributed by atoms with Crippen molar-refractivity contribution in [1.82, 2.24) is 0 Å². The van der Waals surface area contributed by atoms with E-state index in [9.17, 15) is 9.90 Å². The van der Waals surface area contributed by atoms with Gasteiger partial charge in [0.25, 0.3) is 0 Å². The summed E-state index contributed by atoms with van der Waals surface area (Å²) in [7, 11) is 0. The molecule has 0 heterocycles. The third-order valence-electron chi connectivity index (χ3n) is 3.70. The van der Waals surface area contributed by atoms with Gasteiger partial charge in [-0.25, -0.2) is 4.79 Å². The average molecular weight is 228 g/mol. The van der Waals surface area contributed by atoms with Crippen molar-refractivity contribution in [1.29, 1.82) is 0 Å². The van der Waals surface area contributed by atoms with Crippen LogP contribution < -0.4 is 0 Å². The lowest BCUT2D eigenvalue weighted by atomic mass is 9.76. The highest BCUT2D eigenvalue weighted by atomic mass is 16.5. The average Bonchev–Trinajstić information content (AvgIpc) is 2.26. The Bertz CT molecular complexity index is 227. The van der Waals surface area contributed by atoms with Gasteiger partial charge in [0.15, 0.2) is 5.60 Å². The fourth-order valence-corrected chi connectivity index (χ4v) is 2.52. The third-order valence-corrected chi connectivity index (χ3v) is 3.70. The summed E-state index contributed by atoms with van der Waals surface area (Å²) in [5.74, 6) is -0.628. The van der Waals surface area contributed by atoms with Crippen molar-refractivity contribution < 1.29 is 14.6 Å². The number of rotatable bonds is 6. The first-order valence-corrected chi connectivity index (χ1v) is 6.51. The summed E-state index contributed by atoms with van der Waals surface area (Å²) in [6.45, 7) is 4.73. The van der Waals surface area contributed by atoms with Crippen LogP contribution in [-0.2, 0) is 9.53 Å². The van der Waals surface area contributed by atoms with Gasteiger partial charge in [0.1, 0.15) is 0 Å². The van der Waals surface area contributed by atoms with E-state index in [0.717, 1.165) is 38.5 Å². The van der Waals surface area contributed by atoms with E-state index in [4.69, 9.17) is 4.74 Å². The maximum Gasteiger partial charge on any atom is 0.336 e. The molecule has 0 bridgehead atoms. The lowest BCUT2D eigenvalue weighted by Gasteiger charge is -2.38. The van der Waals surface area contributed by atoms with Gasteiger partial charge in [-0.3, -0.25) is 0 Å². The number of aliphatic carboxylic acids is 1. The molecule has 3 heteroatoms. The molecule has 1 aliphatic carbocycles. The molecule has 0 aliphatic heterocycles. The SMILES string of the molecule is CCCCCOC1(C(=O)O)CCCCC1C. The van der Waals surface area contributed by atoms with E-state index in [1.807, 2.05) is 6.92 Å². The van der Waals surface area contributed by atoms with E-state index in [1.54, 1.807) is 0 Å². The molecule has 0 amide bonds. The molecule has 2 atom stereocenters. The van der Waals surface area contributed by atoms with Gasteiger partial charge >= 0.3 is 5.97 Å². The second-order valence-corrected chi connectivity index (χ2v) is 4.90. The van der Waals surface area contributed by atoms with Gasteiger partial charge in [0.05, 0.1) is 0 Å². The summed E-state index contributed by atoms with van der Waals surface area (Å²) in [5.41, 5.74) is -0.897. The Kier molecular flexibility index (Phi) is 5.26. The topological polar surface area (TPSA) is 46.5 Å². The zero-order valence-electron chi connectivity index (χ0n) is 10.5. The molecule has 0 spiro atoms. The molecule has 16 heavy (non-hydrogen) atoms. The zero-order valence-corrected chi connectivity index (χ0v) is 10.5. The molecule has 1 fully saturated rings. The molecule has 0 radical (unpaired) electrons. The quantitative estimate of drug-likeness (QED) is 0.710. The minimum atomic E-state index is -0.897. The minimum absolute atomic E-state index is 0.139. The second kappa shape index (κ2) is 6.24. The molecule has 94 valence electrons. The van der Waals surface area contributed by atoms with Gasteiger partial charge in [0.2, 0.25) is 0 Å². The van der Waals surface area contributed by atoms with Crippen molar-refractivity contribution in [3.63, 3.8) is 0 Å². The molecule has 3 nitrogen and oxygen atoms in total. The van der Waals surface area contributed by atoms with Crippen molar-refractivity contribution in [3.05, 3.63) is 0 Å². The molecule has 0 aromatic rings. The summed E-state index contributed by atoms with van der Waals surface area (Å²) >= 11 is 0. The first-order valence-electron chi connectivity index (χ1n) is 6.51. The highest BCUT2D eigenvalue weighted by Gasteiger charge is 2.46. The molecular weight excluding hydrogens is 204 g/mol. The molecular formula is C13H24O3. The summed E-state index contributed by atoms with van der Waals surface area (Å²) in [4.78, 5) is 11.4. The van der Waals surface area contributed by atoms with Gasteiger partial charge in [-0.1, -0.05) is 33.1 Å². The molecule has 0 saturated heterocycles. The van der Waals surface area contributed by atoms with E-state index in [-0.39, 0.29) is 5.92 Å². The summed E-state index contributed by atoms with van der Waals surface area (Å²) in [6.07, 6.45) is 6.98. The normalized spacial score (nSPS) is 30.2. The highest BCUT2D eigenvalue weighted by molar-refractivity contribution is 5.78. The summed E-state index contributed by atoms with van der Waals surface area (Å²) < 4.78 is 5.75. The largest absolute Gasteiger partial charge is 0.479 e. The van der Waals surface area contributed by atoms with Gasteiger partial charge in [0, 0.05) is 6.61 Å². The number of hydrogen-bond donors (Lipinski definition) is 1. The maximum atomic E-state index is 11.4. The van der Waals surface area contributed by atoms with Crippen LogP contribution in [0.4, 0.5) is 0 Å². The second-order valence-electron chi connectivity index (χ2n) is 4.90. The third kappa shape index (κ3) is 2.97. The summed E-state index contributed by atoms with van der Waals surface area (Å²) in [5, 5.41) is 9.39. The first-order chi connectivity index (χ1) is 7.63. The van der Waals surface area contributed by atoms with Crippen molar-refractivity contribution in [3.8, 4) is 0 Å². The Morgan fingerprint density at radius 1 is 1.44 bits per heavy atom. The fraction of sp³-hybridized carbons (Fsp3) is 0.923. The number of unbranched alkanes of at least 4 members (excludes halogenated alkanes) is 2. The van der Waals surface area contributed by atoms with E-state index >= 15 is 0 Å². The molecule has 0 aromatic carbocycles. The number of carbonyl (C=O) groups is 1. The number of carboxylic acids is 1. The van der Waals surface area contributed by atoms with Gasteiger partial charge < -0.3 is 9.84 Å². The van der Waals surface area contributed by atoms with Gasteiger partial charge in [-0.15, -0.1) is 0 Å². The Morgan fingerprint density at radius 3 is 2.75 bits per heavy atom. The summed E-state index contributed by atoms with van der Waals surface area (Å²) in [6, 6.07) is 0. The van der Waals surface area contributed by atoms with Crippen LogP contribution in [0.15, 0.2) is 0 Å². The van der Waals surface area contributed by atoms with Gasteiger partial charge in [-0.2, -0.15) is 0 Å². The Labute approximate surface area is 98.2 Å². The van der Waals surface area contributed by atoms with Crippen LogP contribution in [-0.4, -0.2) is 23.3 Å². The fourth-order valence-electron chi connectivity index (χ4n) is 2.52. The van der Waals surface area contributed by atoms with E-state index < -0.39 is 11.6 Å². The number of carboxylic acid groups (broad SMARTS) is 1. The van der Waals surface area contributed by atoms with E-state index in [0.29, 0.717) is 13.0 Å². The maximum absolute atomic E-state index is 11.4. The molecule has 2 unspecified atom stereocenters. The lowest BCUT2D eigenvalue weighted by molar-refractivity contribution is -0.179. The van der Waals surface area contributed by atoms with Crippen LogP contribution in [0.2, 0.25) is 0 Å². The molecule has 1 saturated carbocycles. The van der Waals surface area contributed by atoms with Crippen molar-refractivity contribution in [2.45, 2.75) is 64.4 Å². The predicted molar refractivity (Wildman–Crippen MR) is 63.5 cm³/mol. The minimum Gasteiger partial charge on any atom is -0.479 e. The lowest BCUT2D eigenvalue weighted by Crippen LogP contribution is -2.49.